The zero-order valence-electron chi connectivity index (χ0n) is 30.3. The van der Waals surface area contributed by atoms with Crippen LogP contribution >= 0.6 is 8.60 Å². The number of benzene rings is 4. The summed E-state index contributed by atoms with van der Waals surface area (Å²) in [5.74, 6) is 0.987. The van der Waals surface area contributed by atoms with Gasteiger partial charge < -0.3 is 32.9 Å². The van der Waals surface area contributed by atoms with Crippen molar-refractivity contribution in [3.8, 4) is 11.5 Å². The highest BCUT2D eigenvalue weighted by Crippen LogP contribution is 2.45. The molecule has 1 fully saturated rings. The quantitative estimate of drug-likeness (QED) is 0.0846. The van der Waals surface area contributed by atoms with E-state index in [0.717, 1.165) is 22.3 Å². The van der Waals surface area contributed by atoms with Gasteiger partial charge in [0.05, 0.1) is 39.7 Å². The van der Waals surface area contributed by atoms with Gasteiger partial charge in [-0.15, -0.1) is 0 Å². The first-order valence-corrected chi connectivity index (χ1v) is 18.6. The summed E-state index contributed by atoms with van der Waals surface area (Å²) in [6, 6.07) is 34.4. The van der Waals surface area contributed by atoms with Crippen LogP contribution in [0.4, 0.5) is 5.95 Å². The van der Waals surface area contributed by atoms with Crippen LogP contribution in [0.25, 0.3) is 11.2 Å². The van der Waals surface area contributed by atoms with Crippen molar-refractivity contribution < 1.29 is 37.7 Å². The van der Waals surface area contributed by atoms with E-state index < -0.39 is 38.2 Å². The molecule has 3 heterocycles. The van der Waals surface area contributed by atoms with Crippen LogP contribution in [0.15, 0.2) is 120 Å². The minimum atomic E-state index is -2.26. The maximum absolute atomic E-state index is 13.1. The molecule has 1 unspecified atom stereocenters. The van der Waals surface area contributed by atoms with Gasteiger partial charge in [0.1, 0.15) is 29.4 Å². The molecule has 0 saturated carbocycles. The number of carbonyl (C=O) groups is 1. The highest BCUT2D eigenvalue weighted by atomic mass is 31.2. The monoisotopic (exact) mass is 765 g/mol. The van der Waals surface area contributed by atoms with Gasteiger partial charge in [-0.3, -0.25) is 24.5 Å². The number of rotatable bonds is 15. The molecule has 1 saturated heterocycles. The minimum Gasteiger partial charge on any atom is -0.497 e. The molecule has 15 heteroatoms. The molecule has 2 aromatic heterocycles. The fourth-order valence-electron chi connectivity index (χ4n) is 6.73. The number of hydrogen-bond acceptors (Lipinski definition) is 11. The van der Waals surface area contributed by atoms with E-state index in [0.29, 0.717) is 11.5 Å². The molecular weight excluding hydrogens is 725 g/mol. The Balaban J connectivity index is 1.22. The molecule has 284 valence electrons. The van der Waals surface area contributed by atoms with Crippen molar-refractivity contribution in [2.45, 2.75) is 36.9 Å². The van der Waals surface area contributed by atoms with E-state index in [4.69, 9.17) is 28.0 Å². The highest BCUT2D eigenvalue weighted by molar-refractivity contribution is 7.40. The molecule has 0 bridgehead atoms. The Bertz CT molecular complexity index is 2210. The first-order valence-electron chi connectivity index (χ1n) is 17.5. The summed E-state index contributed by atoms with van der Waals surface area (Å²) in [6.07, 6.45) is -0.453. The van der Waals surface area contributed by atoms with Gasteiger partial charge in [0, 0.05) is 13.5 Å². The second kappa shape index (κ2) is 16.9. The third kappa shape index (κ3) is 8.15. The van der Waals surface area contributed by atoms with Gasteiger partial charge in [0.25, 0.3) is 5.56 Å². The van der Waals surface area contributed by atoms with Crippen LogP contribution in [0.3, 0.4) is 0 Å². The Morgan fingerprint density at radius 1 is 0.909 bits per heavy atom. The number of hydrogen-bond donors (Lipinski definition) is 3. The average Bonchev–Trinajstić information content (AvgIpc) is 3.83. The molecule has 4 atom stereocenters. The van der Waals surface area contributed by atoms with E-state index in [1.807, 2.05) is 109 Å². The summed E-state index contributed by atoms with van der Waals surface area (Å²) in [6.45, 7) is -0.0115. The molecule has 0 aliphatic carbocycles. The van der Waals surface area contributed by atoms with Crippen molar-refractivity contribution in [3.63, 3.8) is 0 Å². The lowest BCUT2D eigenvalue weighted by atomic mass is 9.80. The van der Waals surface area contributed by atoms with Crippen molar-refractivity contribution in [2.75, 3.05) is 33.3 Å². The van der Waals surface area contributed by atoms with Crippen LogP contribution < -0.4 is 20.3 Å². The zero-order chi connectivity index (χ0) is 38.4. The lowest BCUT2D eigenvalue weighted by Gasteiger charge is -2.37. The molecule has 4 aromatic carbocycles. The van der Waals surface area contributed by atoms with Crippen molar-refractivity contribution >= 4 is 31.6 Å². The molecule has 3 N–H and O–H groups in total. The van der Waals surface area contributed by atoms with E-state index >= 15 is 0 Å². The van der Waals surface area contributed by atoms with E-state index in [2.05, 4.69) is 20.3 Å². The molecular formula is C40H40N5O9P. The van der Waals surface area contributed by atoms with Crippen LogP contribution in [-0.2, 0) is 35.3 Å². The van der Waals surface area contributed by atoms with Crippen molar-refractivity contribution in [1.82, 2.24) is 19.5 Å². The molecule has 1 amide bonds. The number of nitrogens with one attached hydrogen (secondary N) is 2. The highest BCUT2D eigenvalue weighted by Gasteiger charge is 2.44. The standard InChI is InChI=1S/C40H40N5O9P/c1-49-30-18-14-28(15-19-30)40(27-12-8-5-9-13-27,29-16-20-31(50-2)21-17-29)52-24-33-32(54-55(48)51-3)23-35(53-33)45-25-41-36-37(45)43-39(44-38(36)47)42-34(46)22-26-10-6-4-7-11-26/h4-21,25,32-33,35,48H,22-24H2,1-3H3,(H2,42,43,44,46,47)/t32-,33+,35+,55?/m0/s1. The second-order valence-corrected chi connectivity index (χ2v) is 13.7. The normalized spacial score (nSPS) is 17.6. The Hall–Kier alpha value is -5.47. The summed E-state index contributed by atoms with van der Waals surface area (Å²) >= 11 is 0. The Morgan fingerprint density at radius 2 is 1.51 bits per heavy atom. The maximum atomic E-state index is 13.1. The van der Waals surface area contributed by atoms with Gasteiger partial charge in [0.15, 0.2) is 11.2 Å². The third-order valence-corrected chi connectivity index (χ3v) is 10.2. The predicted octanol–water partition coefficient (Wildman–Crippen LogP) is 5.87. The number of H-pyrrole nitrogens is 1. The van der Waals surface area contributed by atoms with Crippen molar-refractivity contribution in [1.29, 1.82) is 0 Å². The molecule has 7 rings (SSSR count). The molecule has 55 heavy (non-hydrogen) atoms. The van der Waals surface area contributed by atoms with E-state index in [1.54, 1.807) is 18.8 Å². The topological polar surface area (TPSA) is 168 Å². The summed E-state index contributed by atoms with van der Waals surface area (Å²) in [4.78, 5) is 48.0. The number of fused-ring (bicyclic) bond motifs is 1. The number of ether oxygens (including phenoxy) is 4. The van der Waals surface area contributed by atoms with Gasteiger partial charge in [0.2, 0.25) is 11.9 Å². The van der Waals surface area contributed by atoms with Gasteiger partial charge in [-0.05, 0) is 46.5 Å². The van der Waals surface area contributed by atoms with Gasteiger partial charge in [-0.1, -0.05) is 84.9 Å². The van der Waals surface area contributed by atoms with E-state index in [-0.39, 0.29) is 42.5 Å². The number of methoxy groups -OCH3 is 2. The van der Waals surface area contributed by atoms with Gasteiger partial charge >= 0.3 is 8.60 Å². The fraction of sp³-hybridized carbons (Fsp3) is 0.250. The Morgan fingerprint density at radius 3 is 2.11 bits per heavy atom. The Labute approximate surface area is 318 Å². The summed E-state index contributed by atoms with van der Waals surface area (Å²) in [5, 5.41) is 2.69. The van der Waals surface area contributed by atoms with Crippen LogP contribution in [0.2, 0.25) is 0 Å². The van der Waals surface area contributed by atoms with Crippen LogP contribution in [0.1, 0.15) is 34.9 Å². The van der Waals surface area contributed by atoms with Crippen LogP contribution in [0, 0.1) is 0 Å². The number of aromatic amines is 1. The largest absolute Gasteiger partial charge is 0.497 e. The lowest BCUT2D eigenvalue weighted by Crippen LogP contribution is -2.38. The number of aromatic nitrogens is 4. The smallest absolute Gasteiger partial charge is 0.329 e. The molecule has 14 nitrogen and oxygen atoms in total. The average molecular weight is 766 g/mol. The molecule has 6 aromatic rings. The summed E-state index contributed by atoms with van der Waals surface area (Å²) in [5.41, 5.74) is 1.87. The van der Waals surface area contributed by atoms with Crippen molar-refractivity contribution in [3.05, 3.63) is 148 Å². The summed E-state index contributed by atoms with van der Waals surface area (Å²) in [7, 11) is 2.32. The predicted molar refractivity (Wildman–Crippen MR) is 205 cm³/mol. The van der Waals surface area contributed by atoms with E-state index in [9.17, 15) is 14.5 Å². The molecule has 0 radical (unpaired) electrons. The maximum Gasteiger partial charge on any atom is 0.329 e. The number of anilines is 1. The number of carbonyl (C=O) groups excluding carboxylic acids is 1. The Kier molecular flexibility index (Phi) is 11.6. The first-order chi connectivity index (χ1) is 26.8. The molecule has 1 aliphatic rings. The third-order valence-electron chi connectivity index (χ3n) is 9.41. The van der Waals surface area contributed by atoms with E-state index in [1.165, 1.54) is 13.4 Å². The van der Waals surface area contributed by atoms with Crippen LogP contribution in [-0.4, -0.2) is 70.5 Å². The number of amides is 1. The second-order valence-electron chi connectivity index (χ2n) is 12.7. The SMILES string of the molecule is COc1ccc(C(OC[C@H]2O[C@@H](n3cnc4c(=O)[nH]c(NC(=O)Cc5ccccc5)nc43)C[C@@H]2OP(O)OC)(c2ccccc2)c2ccc(OC)cc2)cc1. The zero-order valence-corrected chi connectivity index (χ0v) is 31.2. The minimum absolute atomic E-state index is 0.0115. The number of nitrogens with zero attached hydrogens (tertiary/aromatic N) is 3. The summed E-state index contributed by atoms with van der Waals surface area (Å²) < 4.78 is 37.4. The fourth-order valence-corrected chi connectivity index (χ4v) is 7.27. The van der Waals surface area contributed by atoms with Gasteiger partial charge in [-0.2, -0.15) is 4.98 Å². The molecule has 1 aliphatic heterocycles. The molecule has 0 spiro atoms. The first kappa shape index (κ1) is 37.8. The number of imidazole rings is 1. The lowest BCUT2D eigenvalue weighted by molar-refractivity contribution is -0.115. The van der Waals surface area contributed by atoms with Crippen molar-refractivity contribution in [2.24, 2.45) is 0 Å². The van der Waals surface area contributed by atoms with Gasteiger partial charge in [-0.25, -0.2) is 4.98 Å². The van der Waals surface area contributed by atoms with Crippen LogP contribution in [0.5, 0.6) is 11.5 Å².